The van der Waals surface area contributed by atoms with E-state index < -0.39 is 0 Å². The summed E-state index contributed by atoms with van der Waals surface area (Å²) in [5.74, 6) is 0.665. The molecule has 1 atom stereocenters. The standard InChI is InChI=1S/C14H19N3O.ClH/c1-11-9-16-5-6-17(11)10-12-3-4-13(8-15)14(7-12)18-2;/h3-4,7,11,16H,5-6,9-10H2,1-2H3;1H/t11-;/m1./s1. The zero-order chi connectivity index (χ0) is 13.0. The van der Waals surface area contributed by atoms with Crippen molar-refractivity contribution in [1.82, 2.24) is 10.2 Å². The van der Waals surface area contributed by atoms with E-state index in [1.54, 1.807) is 7.11 Å². The third-order valence-electron chi connectivity index (χ3n) is 3.41. The van der Waals surface area contributed by atoms with Crippen molar-refractivity contribution in [3.05, 3.63) is 29.3 Å². The summed E-state index contributed by atoms with van der Waals surface area (Å²) in [7, 11) is 1.60. The summed E-state index contributed by atoms with van der Waals surface area (Å²) in [5, 5.41) is 12.3. The lowest BCUT2D eigenvalue weighted by Gasteiger charge is -2.33. The van der Waals surface area contributed by atoms with Crippen LogP contribution in [0.25, 0.3) is 0 Å². The molecule has 0 unspecified atom stereocenters. The molecule has 4 nitrogen and oxygen atoms in total. The Morgan fingerprint density at radius 1 is 1.53 bits per heavy atom. The minimum Gasteiger partial charge on any atom is -0.495 e. The van der Waals surface area contributed by atoms with E-state index in [1.165, 1.54) is 5.56 Å². The van der Waals surface area contributed by atoms with Crippen molar-refractivity contribution in [3.8, 4) is 11.8 Å². The fraction of sp³-hybridized carbons (Fsp3) is 0.500. The third kappa shape index (κ3) is 3.84. The van der Waals surface area contributed by atoms with Crippen LogP contribution in [0.1, 0.15) is 18.1 Å². The van der Waals surface area contributed by atoms with E-state index in [0.29, 0.717) is 17.4 Å². The number of nitriles is 1. The monoisotopic (exact) mass is 281 g/mol. The maximum absolute atomic E-state index is 8.96. The number of methoxy groups -OCH3 is 1. The second kappa shape index (κ2) is 7.34. The molecule has 1 aromatic rings. The van der Waals surface area contributed by atoms with Gasteiger partial charge in [-0.05, 0) is 24.6 Å². The molecular weight excluding hydrogens is 262 g/mol. The summed E-state index contributed by atoms with van der Waals surface area (Å²) >= 11 is 0. The predicted octanol–water partition coefficient (Wildman–Crippen LogP) is 1.78. The molecule has 0 radical (unpaired) electrons. The lowest BCUT2D eigenvalue weighted by atomic mass is 10.1. The van der Waals surface area contributed by atoms with Crippen molar-refractivity contribution in [1.29, 1.82) is 5.26 Å². The number of hydrogen-bond donors (Lipinski definition) is 1. The van der Waals surface area contributed by atoms with E-state index in [2.05, 4.69) is 23.2 Å². The first-order valence-electron chi connectivity index (χ1n) is 6.26. The lowest BCUT2D eigenvalue weighted by Crippen LogP contribution is -2.49. The van der Waals surface area contributed by atoms with Crippen LogP contribution in [0.2, 0.25) is 0 Å². The van der Waals surface area contributed by atoms with Gasteiger partial charge >= 0.3 is 0 Å². The molecule has 5 heteroatoms. The molecule has 1 heterocycles. The number of nitrogens with zero attached hydrogens (tertiary/aromatic N) is 2. The van der Waals surface area contributed by atoms with Gasteiger partial charge in [-0.1, -0.05) is 6.07 Å². The summed E-state index contributed by atoms with van der Waals surface area (Å²) in [6.07, 6.45) is 0. The Morgan fingerprint density at radius 3 is 2.95 bits per heavy atom. The molecule has 0 bridgehead atoms. The molecule has 0 aromatic heterocycles. The normalized spacial score (nSPS) is 19.3. The smallest absolute Gasteiger partial charge is 0.136 e. The van der Waals surface area contributed by atoms with E-state index in [0.717, 1.165) is 26.2 Å². The van der Waals surface area contributed by atoms with Crippen LogP contribution >= 0.6 is 12.4 Å². The molecule has 0 saturated carbocycles. The summed E-state index contributed by atoms with van der Waals surface area (Å²) in [6.45, 7) is 6.27. The first-order chi connectivity index (χ1) is 8.74. The Labute approximate surface area is 120 Å². The Kier molecular flexibility index (Phi) is 6.10. The molecule has 2 rings (SSSR count). The number of nitrogens with one attached hydrogen (secondary N) is 1. The highest BCUT2D eigenvalue weighted by molar-refractivity contribution is 5.85. The average molecular weight is 282 g/mol. The van der Waals surface area contributed by atoms with Gasteiger partial charge in [-0.25, -0.2) is 0 Å². The van der Waals surface area contributed by atoms with Gasteiger partial charge in [-0.3, -0.25) is 4.90 Å². The van der Waals surface area contributed by atoms with E-state index >= 15 is 0 Å². The highest BCUT2D eigenvalue weighted by atomic mass is 35.5. The molecule has 0 spiro atoms. The largest absolute Gasteiger partial charge is 0.495 e. The van der Waals surface area contributed by atoms with Gasteiger partial charge in [0.2, 0.25) is 0 Å². The summed E-state index contributed by atoms with van der Waals surface area (Å²) in [5.41, 5.74) is 1.79. The van der Waals surface area contributed by atoms with E-state index in [9.17, 15) is 0 Å². The van der Waals surface area contributed by atoms with Gasteiger partial charge in [0, 0.05) is 32.2 Å². The van der Waals surface area contributed by atoms with E-state index in [4.69, 9.17) is 10.00 Å². The summed E-state index contributed by atoms with van der Waals surface area (Å²) in [6, 6.07) is 8.49. The zero-order valence-corrected chi connectivity index (χ0v) is 12.2. The highest BCUT2D eigenvalue weighted by Crippen LogP contribution is 2.21. The number of halogens is 1. The lowest BCUT2D eigenvalue weighted by molar-refractivity contribution is 0.165. The van der Waals surface area contributed by atoms with Crippen molar-refractivity contribution in [2.75, 3.05) is 26.7 Å². The number of hydrogen-bond acceptors (Lipinski definition) is 4. The third-order valence-corrected chi connectivity index (χ3v) is 3.41. The molecule has 104 valence electrons. The first-order valence-corrected chi connectivity index (χ1v) is 6.26. The quantitative estimate of drug-likeness (QED) is 0.918. The van der Waals surface area contributed by atoms with Crippen LogP contribution < -0.4 is 10.1 Å². The highest BCUT2D eigenvalue weighted by Gasteiger charge is 2.18. The van der Waals surface area contributed by atoms with E-state index in [1.807, 2.05) is 18.2 Å². The molecule has 1 aromatic carbocycles. The fourth-order valence-electron chi connectivity index (χ4n) is 2.28. The molecular formula is C14H20ClN3O. The van der Waals surface area contributed by atoms with Crippen LogP contribution in [0.3, 0.4) is 0 Å². The summed E-state index contributed by atoms with van der Waals surface area (Å²) in [4.78, 5) is 2.44. The maximum Gasteiger partial charge on any atom is 0.136 e. The molecule has 0 aliphatic carbocycles. The first kappa shape index (κ1) is 15.8. The van der Waals surface area contributed by atoms with Crippen LogP contribution in [-0.4, -0.2) is 37.7 Å². The topological polar surface area (TPSA) is 48.3 Å². The molecule has 0 amide bonds. The summed E-state index contributed by atoms with van der Waals surface area (Å²) < 4.78 is 5.24. The maximum atomic E-state index is 8.96. The zero-order valence-electron chi connectivity index (χ0n) is 11.3. The van der Waals surface area contributed by atoms with Gasteiger partial charge in [0.1, 0.15) is 11.8 Å². The van der Waals surface area contributed by atoms with Crippen LogP contribution in [0.4, 0.5) is 0 Å². The number of piperazine rings is 1. The van der Waals surface area contributed by atoms with Crippen LogP contribution in [0.15, 0.2) is 18.2 Å². The molecule has 19 heavy (non-hydrogen) atoms. The van der Waals surface area contributed by atoms with E-state index in [-0.39, 0.29) is 12.4 Å². The van der Waals surface area contributed by atoms with Gasteiger partial charge in [0.25, 0.3) is 0 Å². The Balaban J connectivity index is 0.00000180. The molecule has 1 fully saturated rings. The van der Waals surface area contributed by atoms with Crippen LogP contribution in [-0.2, 0) is 6.54 Å². The minimum absolute atomic E-state index is 0. The van der Waals surface area contributed by atoms with Gasteiger partial charge in [0.05, 0.1) is 12.7 Å². The Bertz CT molecular complexity index is 458. The number of ether oxygens (including phenoxy) is 1. The van der Waals surface area contributed by atoms with Crippen molar-refractivity contribution < 1.29 is 4.74 Å². The van der Waals surface area contributed by atoms with Gasteiger partial charge in [0.15, 0.2) is 0 Å². The van der Waals surface area contributed by atoms with Crippen molar-refractivity contribution in [2.24, 2.45) is 0 Å². The number of rotatable bonds is 3. The second-order valence-corrected chi connectivity index (χ2v) is 4.67. The van der Waals surface area contributed by atoms with Crippen LogP contribution in [0.5, 0.6) is 5.75 Å². The second-order valence-electron chi connectivity index (χ2n) is 4.67. The van der Waals surface area contributed by atoms with Gasteiger partial charge in [-0.2, -0.15) is 5.26 Å². The van der Waals surface area contributed by atoms with Gasteiger partial charge < -0.3 is 10.1 Å². The van der Waals surface area contributed by atoms with Crippen molar-refractivity contribution in [2.45, 2.75) is 19.5 Å². The van der Waals surface area contributed by atoms with Crippen molar-refractivity contribution >= 4 is 12.4 Å². The number of benzene rings is 1. The molecule has 1 aliphatic rings. The fourth-order valence-corrected chi connectivity index (χ4v) is 2.28. The predicted molar refractivity (Wildman–Crippen MR) is 77.7 cm³/mol. The Morgan fingerprint density at radius 2 is 2.32 bits per heavy atom. The van der Waals surface area contributed by atoms with Crippen molar-refractivity contribution in [3.63, 3.8) is 0 Å². The van der Waals surface area contributed by atoms with Crippen LogP contribution in [0, 0.1) is 11.3 Å². The average Bonchev–Trinajstić information content (AvgIpc) is 2.41. The molecule has 1 aliphatic heterocycles. The molecule has 1 N–H and O–H groups in total. The van der Waals surface area contributed by atoms with Gasteiger partial charge in [-0.15, -0.1) is 12.4 Å². The molecule has 1 saturated heterocycles. The Hall–Kier alpha value is -1.28. The SMILES string of the molecule is COc1cc(CN2CCNC[C@H]2C)ccc1C#N.Cl. The minimum atomic E-state index is 0.